The molecule has 0 saturated carbocycles. The van der Waals surface area contributed by atoms with Gasteiger partial charge in [-0.2, -0.15) is 5.10 Å². The van der Waals surface area contributed by atoms with Crippen LogP contribution in [0.1, 0.15) is 32.5 Å². The predicted octanol–water partition coefficient (Wildman–Crippen LogP) is 3.57. The van der Waals surface area contributed by atoms with Gasteiger partial charge < -0.3 is 10.2 Å². The Morgan fingerprint density at radius 1 is 1.25 bits per heavy atom. The summed E-state index contributed by atoms with van der Waals surface area (Å²) in [6.45, 7) is 6.07. The zero-order chi connectivity index (χ0) is 14.7. The molecule has 0 saturated heterocycles. The van der Waals surface area contributed by atoms with Gasteiger partial charge in [-0.3, -0.25) is 5.10 Å². The minimum absolute atomic E-state index is 0.0468. The van der Waals surface area contributed by atoms with Gasteiger partial charge in [0.05, 0.1) is 17.4 Å². The maximum atomic E-state index is 14.2. The number of nitrogens with zero attached hydrogens (tertiary/aromatic N) is 2. The molecule has 5 heteroatoms. The Kier molecular flexibility index (Phi) is 4.27. The Balaban J connectivity index is 2.13. The van der Waals surface area contributed by atoms with E-state index in [0.29, 0.717) is 5.69 Å². The first-order valence-corrected chi connectivity index (χ1v) is 6.77. The van der Waals surface area contributed by atoms with Gasteiger partial charge in [0.2, 0.25) is 0 Å². The highest BCUT2D eigenvalue weighted by Gasteiger charge is 2.12. The van der Waals surface area contributed by atoms with Crippen LogP contribution in [0.4, 0.5) is 15.8 Å². The summed E-state index contributed by atoms with van der Waals surface area (Å²) in [6, 6.07) is 7.43. The van der Waals surface area contributed by atoms with Gasteiger partial charge in [-0.05, 0) is 45.0 Å². The summed E-state index contributed by atoms with van der Waals surface area (Å²) in [7, 11) is 1.89. The number of hydrogen-bond donors (Lipinski definition) is 2. The molecule has 2 aromatic rings. The Labute approximate surface area is 119 Å². The largest absolute Gasteiger partial charge is 0.377 e. The lowest BCUT2D eigenvalue weighted by molar-refractivity contribution is 0.613. The molecular formula is C15H21FN4. The summed E-state index contributed by atoms with van der Waals surface area (Å²) in [6.07, 6.45) is 1.70. The summed E-state index contributed by atoms with van der Waals surface area (Å²) < 4.78 is 14.2. The van der Waals surface area contributed by atoms with Crippen molar-refractivity contribution in [3.63, 3.8) is 0 Å². The van der Waals surface area contributed by atoms with Crippen LogP contribution in [-0.4, -0.2) is 23.3 Å². The fraction of sp³-hybridized carbons (Fsp3) is 0.400. The standard InChI is InChI=1S/C15H21FN4/c1-10(2)20(4)15-6-5-12(9-13(15)16)18-11(3)14-7-8-17-19-14/h5-11,18H,1-4H3,(H,17,19). The highest BCUT2D eigenvalue weighted by Crippen LogP contribution is 2.25. The number of benzene rings is 1. The van der Waals surface area contributed by atoms with Crippen LogP contribution in [0.2, 0.25) is 0 Å². The first kappa shape index (κ1) is 14.4. The van der Waals surface area contributed by atoms with E-state index in [1.807, 2.05) is 44.9 Å². The smallest absolute Gasteiger partial charge is 0.148 e. The number of rotatable bonds is 5. The normalized spacial score (nSPS) is 12.5. The molecule has 1 aromatic carbocycles. The monoisotopic (exact) mass is 276 g/mol. The summed E-state index contributed by atoms with van der Waals surface area (Å²) >= 11 is 0. The molecule has 1 aromatic heterocycles. The highest BCUT2D eigenvalue weighted by atomic mass is 19.1. The molecule has 4 nitrogen and oxygen atoms in total. The second kappa shape index (κ2) is 5.94. The van der Waals surface area contributed by atoms with Crippen molar-refractivity contribution in [3.05, 3.63) is 42.0 Å². The van der Waals surface area contributed by atoms with Crippen LogP contribution in [0.15, 0.2) is 30.5 Å². The average Bonchev–Trinajstić information content (AvgIpc) is 2.92. The summed E-state index contributed by atoms with van der Waals surface area (Å²) in [5, 5.41) is 10.1. The molecule has 1 unspecified atom stereocenters. The lowest BCUT2D eigenvalue weighted by Crippen LogP contribution is -2.26. The molecule has 108 valence electrons. The third kappa shape index (κ3) is 3.10. The summed E-state index contributed by atoms with van der Waals surface area (Å²) in [4.78, 5) is 1.91. The van der Waals surface area contributed by atoms with Crippen molar-refractivity contribution in [2.24, 2.45) is 0 Å². The van der Waals surface area contributed by atoms with Crippen LogP contribution in [0.5, 0.6) is 0 Å². The van der Waals surface area contributed by atoms with E-state index in [-0.39, 0.29) is 17.9 Å². The quantitative estimate of drug-likeness (QED) is 0.877. The third-order valence-electron chi connectivity index (χ3n) is 3.47. The average molecular weight is 276 g/mol. The van der Waals surface area contributed by atoms with Crippen LogP contribution < -0.4 is 10.2 Å². The first-order chi connectivity index (χ1) is 9.49. The number of nitrogens with one attached hydrogen (secondary N) is 2. The number of anilines is 2. The second-order valence-corrected chi connectivity index (χ2v) is 5.25. The van der Waals surface area contributed by atoms with E-state index in [1.165, 1.54) is 6.07 Å². The van der Waals surface area contributed by atoms with E-state index in [0.717, 1.165) is 11.4 Å². The molecule has 0 spiro atoms. The number of aromatic amines is 1. The van der Waals surface area contributed by atoms with Gasteiger partial charge in [0.1, 0.15) is 5.82 Å². The molecule has 2 N–H and O–H groups in total. The molecule has 20 heavy (non-hydrogen) atoms. The van der Waals surface area contributed by atoms with E-state index in [4.69, 9.17) is 0 Å². The lowest BCUT2D eigenvalue weighted by Gasteiger charge is -2.25. The Morgan fingerprint density at radius 2 is 2.00 bits per heavy atom. The van der Waals surface area contributed by atoms with Crippen LogP contribution >= 0.6 is 0 Å². The van der Waals surface area contributed by atoms with Crippen LogP contribution in [0.25, 0.3) is 0 Å². The van der Waals surface area contributed by atoms with E-state index < -0.39 is 0 Å². The van der Waals surface area contributed by atoms with Crippen molar-refractivity contribution >= 4 is 11.4 Å². The lowest BCUT2D eigenvalue weighted by atomic mass is 10.2. The highest BCUT2D eigenvalue weighted by molar-refractivity contribution is 5.56. The van der Waals surface area contributed by atoms with Crippen molar-refractivity contribution in [1.29, 1.82) is 0 Å². The molecule has 0 radical (unpaired) electrons. The zero-order valence-corrected chi connectivity index (χ0v) is 12.3. The summed E-state index contributed by atoms with van der Waals surface area (Å²) in [5.41, 5.74) is 2.33. The fourth-order valence-corrected chi connectivity index (χ4v) is 2.00. The molecular weight excluding hydrogens is 255 g/mol. The van der Waals surface area contributed by atoms with Crippen molar-refractivity contribution < 1.29 is 4.39 Å². The summed E-state index contributed by atoms with van der Waals surface area (Å²) in [5.74, 6) is -0.219. The molecule has 0 aliphatic carbocycles. The predicted molar refractivity (Wildman–Crippen MR) is 80.6 cm³/mol. The third-order valence-corrected chi connectivity index (χ3v) is 3.47. The first-order valence-electron chi connectivity index (χ1n) is 6.77. The molecule has 0 aliphatic heterocycles. The van der Waals surface area contributed by atoms with Crippen LogP contribution in [0.3, 0.4) is 0 Å². The number of halogens is 1. The number of H-pyrrole nitrogens is 1. The van der Waals surface area contributed by atoms with E-state index in [1.54, 1.807) is 12.3 Å². The zero-order valence-electron chi connectivity index (χ0n) is 12.3. The Hall–Kier alpha value is -2.04. The minimum Gasteiger partial charge on any atom is -0.377 e. The van der Waals surface area contributed by atoms with Gasteiger partial charge in [0, 0.05) is 25.0 Å². The van der Waals surface area contributed by atoms with Gasteiger partial charge in [-0.25, -0.2) is 4.39 Å². The van der Waals surface area contributed by atoms with Crippen molar-refractivity contribution in [2.75, 3.05) is 17.3 Å². The van der Waals surface area contributed by atoms with E-state index in [2.05, 4.69) is 15.5 Å². The maximum absolute atomic E-state index is 14.2. The van der Waals surface area contributed by atoms with Gasteiger partial charge in [-0.1, -0.05) is 0 Å². The van der Waals surface area contributed by atoms with Gasteiger partial charge >= 0.3 is 0 Å². The van der Waals surface area contributed by atoms with E-state index in [9.17, 15) is 4.39 Å². The van der Waals surface area contributed by atoms with Crippen molar-refractivity contribution in [3.8, 4) is 0 Å². The number of hydrogen-bond acceptors (Lipinski definition) is 3. The Bertz CT molecular complexity index is 551. The van der Waals surface area contributed by atoms with E-state index >= 15 is 0 Å². The number of aromatic nitrogens is 2. The molecule has 0 aliphatic rings. The van der Waals surface area contributed by atoms with Crippen molar-refractivity contribution in [1.82, 2.24) is 10.2 Å². The molecule has 0 amide bonds. The molecule has 0 bridgehead atoms. The van der Waals surface area contributed by atoms with Crippen LogP contribution in [0, 0.1) is 5.82 Å². The fourth-order valence-electron chi connectivity index (χ4n) is 2.00. The second-order valence-electron chi connectivity index (χ2n) is 5.25. The van der Waals surface area contributed by atoms with Crippen molar-refractivity contribution in [2.45, 2.75) is 32.9 Å². The Morgan fingerprint density at radius 3 is 2.55 bits per heavy atom. The van der Waals surface area contributed by atoms with Gasteiger partial charge in [-0.15, -0.1) is 0 Å². The molecule has 1 atom stereocenters. The molecule has 2 rings (SSSR count). The maximum Gasteiger partial charge on any atom is 0.148 e. The van der Waals surface area contributed by atoms with Crippen LogP contribution in [-0.2, 0) is 0 Å². The SMILES string of the molecule is CC(Nc1ccc(N(C)C(C)C)c(F)c1)c1ccn[nH]1. The van der Waals surface area contributed by atoms with Gasteiger partial charge in [0.25, 0.3) is 0 Å². The van der Waals surface area contributed by atoms with Gasteiger partial charge in [0.15, 0.2) is 0 Å². The molecule has 1 heterocycles. The topological polar surface area (TPSA) is 44.0 Å². The molecule has 0 fully saturated rings. The minimum atomic E-state index is -0.219.